The maximum atomic E-state index is 13.7. The summed E-state index contributed by atoms with van der Waals surface area (Å²) in [5, 5.41) is 0. The normalized spacial score (nSPS) is 15.4. The average Bonchev–Trinajstić information content (AvgIpc) is 2.69. The van der Waals surface area contributed by atoms with Crippen LogP contribution in [0.3, 0.4) is 0 Å². The molecule has 0 aliphatic heterocycles. The Kier molecular flexibility index (Phi) is 9.16. The third-order valence-electron chi connectivity index (χ3n) is 4.33. The van der Waals surface area contributed by atoms with E-state index < -0.39 is 84.2 Å². The number of alkyl halides is 19. The molecular weight excluding hydrogens is 611 g/mol. The van der Waals surface area contributed by atoms with Crippen LogP contribution >= 0.6 is 0 Å². The lowest BCUT2D eigenvalue weighted by molar-refractivity contribution is -0.468. The zero-order valence-electron chi connectivity index (χ0n) is 17.2. The van der Waals surface area contributed by atoms with Gasteiger partial charge in [0.15, 0.2) is 0 Å². The minimum Gasteiger partial charge on any atom is -0.462 e. The Hall–Kier alpha value is -2.26. The fourth-order valence-electron chi connectivity index (χ4n) is 2.16. The second-order valence-corrected chi connectivity index (χ2v) is 6.86. The quantitative estimate of drug-likeness (QED) is 0.135. The molecule has 0 rings (SSSR count). The standard InChI is InChI=1S/C15H7F21O2/c1-2-38-6(37)4(5(16)17)3-7(18,19)8(20,21)9(22,23)10(24,25)11(26,27)12(28,29)13(30,31)14(32,33)15(34,35)36/h2-3H2,1H3. The molecule has 23 heteroatoms. The number of ether oxygens (including phenoxy) is 1. The summed E-state index contributed by atoms with van der Waals surface area (Å²) in [4.78, 5) is 11.1. The van der Waals surface area contributed by atoms with Gasteiger partial charge in [-0.1, -0.05) is 0 Å². The number of rotatable bonds is 11. The molecule has 0 aliphatic carbocycles. The highest BCUT2D eigenvalue weighted by molar-refractivity contribution is 5.88. The second kappa shape index (κ2) is 9.73. The summed E-state index contributed by atoms with van der Waals surface area (Å²) < 4.78 is 279. The van der Waals surface area contributed by atoms with Crippen molar-refractivity contribution in [2.75, 3.05) is 6.61 Å². The van der Waals surface area contributed by atoms with Crippen LogP contribution in [0, 0.1) is 0 Å². The zero-order chi connectivity index (χ0) is 31.4. The van der Waals surface area contributed by atoms with Crippen molar-refractivity contribution in [3.05, 3.63) is 11.7 Å². The first-order valence-corrected chi connectivity index (χ1v) is 8.58. The Morgan fingerprint density at radius 3 is 1.08 bits per heavy atom. The molecule has 0 bridgehead atoms. The van der Waals surface area contributed by atoms with Crippen LogP contribution in [0.2, 0.25) is 0 Å². The van der Waals surface area contributed by atoms with Crippen molar-refractivity contribution in [3.8, 4) is 0 Å². The van der Waals surface area contributed by atoms with Crippen molar-refractivity contribution in [2.24, 2.45) is 0 Å². The molecule has 0 amide bonds. The van der Waals surface area contributed by atoms with Gasteiger partial charge in [-0.25, -0.2) is 4.79 Å². The fraction of sp³-hybridized carbons (Fsp3) is 0.800. The van der Waals surface area contributed by atoms with Crippen LogP contribution in [0.15, 0.2) is 11.7 Å². The Labute approximate surface area is 194 Å². The first-order chi connectivity index (χ1) is 16.3. The zero-order valence-corrected chi connectivity index (χ0v) is 17.2. The van der Waals surface area contributed by atoms with Gasteiger partial charge in [-0.05, 0) is 6.92 Å². The molecule has 0 N–H and O–H groups in total. The second-order valence-electron chi connectivity index (χ2n) is 6.86. The summed E-state index contributed by atoms with van der Waals surface area (Å²) in [6, 6.07) is 0. The lowest BCUT2D eigenvalue weighted by Gasteiger charge is -2.43. The molecule has 38 heavy (non-hydrogen) atoms. The van der Waals surface area contributed by atoms with Gasteiger partial charge in [0.2, 0.25) is 0 Å². The van der Waals surface area contributed by atoms with Gasteiger partial charge < -0.3 is 4.74 Å². The van der Waals surface area contributed by atoms with Gasteiger partial charge >= 0.3 is 59.5 Å². The average molecular weight is 618 g/mol. The highest BCUT2D eigenvalue weighted by Gasteiger charge is 2.96. The Balaban J connectivity index is 6.97. The summed E-state index contributed by atoms with van der Waals surface area (Å²) in [5.74, 6) is -71.7. The van der Waals surface area contributed by atoms with Gasteiger partial charge in [0.05, 0.1) is 13.0 Å². The van der Waals surface area contributed by atoms with E-state index in [4.69, 9.17) is 0 Å². The highest BCUT2D eigenvalue weighted by Crippen LogP contribution is 2.65. The minimum absolute atomic E-state index is 0.744. The van der Waals surface area contributed by atoms with Crippen LogP contribution in [-0.4, -0.2) is 66.1 Å². The van der Waals surface area contributed by atoms with Crippen molar-refractivity contribution in [1.29, 1.82) is 0 Å². The largest absolute Gasteiger partial charge is 0.462 e. The summed E-state index contributed by atoms with van der Waals surface area (Å²) in [7, 11) is 0. The Morgan fingerprint density at radius 1 is 0.526 bits per heavy atom. The summed E-state index contributed by atoms with van der Waals surface area (Å²) in [5.41, 5.74) is -3.00. The molecule has 0 unspecified atom stereocenters. The minimum atomic E-state index is -9.13. The monoisotopic (exact) mass is 618 g/mol. The van der Waals surface area contributed by atoms with E-state index in [0.29, 0.717) is 0 Å². The van der Waals surface area contributed by atoms with Gasteiger partial charge in [0, 0.05) is 0 Å². The fourth-order valence-corrected chi connectivity index (χ4v) is 2.16. The molecule has 0 radical (unpaired) electrons. The van der Waals surface area contributed by atoms with Crippen molar-refractivity contribution in [1.82, 2.24) is 0 Å². The van der Waals surface area contributed by atoms with E-state index in [1.165, 1.54) is 0 Å². The van der Waals surface area contributed by atoms with Crippen molar-refractivity contribution in [2.45, 2.75) is 66.9 Å². The molecule has 2 nitrogen and oxygen atoms in total. The molecule has 0 aromatic rings. The van der Waals surface area contributed by atoms with Crippen LogP contribution in [0.4, 0.5) is 92.2 Å². The van der Waals surface area contributed by atoms with E-state index in [1.54, 1.807) is 0 Å². The number of hydrogen-bond acceptors (Lipinski definition) is 2. The molecule has 0 atom stereocenters. The number of carbonyl (C=O) groups excluding carboxylic acids is 1. The van der Waals surface area contributed by atoms with Crippen molar-refractivity contribution >= 4 is 5.97 Å². The van der Waals surface area contributed by atoms with Crippen molar-refractivity contribution < 1.29 is 102 Å². The number of esters is 1. The van der Waals surface area contributed by atoms with Crippen LogP contribution in [0.25, 0.3) is 0 Å². The summed E-state index contributed by atoms with van der Waals surface area (Å²) >= 11 is 0. The van der Waals surface area contributed by atoms with Crippen LogP contribution in [0.5, 0.6) is 0 Å². The third kappa shape index (κ3) is 4.92. The van der Waals surface area contributed by atoms with E-state index in [-0.39, 0.29) is 0 Å². The van der Waals surface area contributed by atoms with Gasteiger partial charge in [-0.3, -0.25) is 0 Å². The smallest absolute Gasteiger partial charge is 0.460 e. The van der Waals surface area contributed by atoms with E-state index in [2.05, 4.69) is 4.74 Å². The number of carbonyl (C=O) groups is 1. The number of halogens is 21. The molecule has 0 heterocycles. The van der Waals surface area contributed by atoms with Crippen LogP contribution in [0.1, 0.15) is 13.3 Å². The maximum Gasteiger partial charge on any atom is 0.460 e. The Bertz CT molecular complexity index is 908. The topological polar surface area (TPSA) is 26.3 Å². The third-order valence-corrected chi connectivity index (χ3v) is 4.33. The highest BCUT2D eigenvalue weighted by atomic mass is 19.4. The first kappa shape index (κ1) is 35.7. The van der Waals surface area contributed by atoms with Gasteiger partial charge in [0.25, 0.3) is 6.08 Å². The number of hydrogen-bond donors (Lipinski definition) is 0. The Morgan fingerprint density at radius 2 is 0.816 bits per heavy atom. The molecule has 0 saturated carbocycles. The van der Waals surface area contributed by atoms with E-state index in [1.807, 2.05) is 0 Å². The summed E-state index contributed by atoms with van der Waals surface area (Å²) in [6.45, 7) is -0.280. The molecule has 226 valence electrons. The van der Waals surface area contributed by atoms with Gasteiger partial charge in [0.1, 0.15) is 5.57 Å². The lowest BCUT2D eigenvalue weighted by atomic mass is 9.86. The first-order valence-electron chi connectivity index (χ1n) is 8.58. The van der Waals surface area contributed by atoms with E-state index >= 15 is 0 Å². The predicted octanol–water partition coefficient (Wildman–Crippen LogP) is 7.73. The van der Waals surface area contributed by atoms with Gasteiger partial charge in [-0.15, -0.1) is 0 Å². The molecule has 0 aromatic carbocycles. The molecule has 0 aromatic heterocycles. The van der Waals surface area contributed by atoms with E-state index in [0.717, 1.165) is 6.92 Å². The van der Waals surface area contributed by atoms with Crippen molar-refractivity contribution in [3.63, 3.8) is 0 Å². The molecule has 0 saturated heterocycles. The van der Waals surface area contributed by atoms with E-state index in [9.17, 15) is 97.0 Å². The molecule has 0 aliphatic rings. The van der Waals surface area contributed by atoms with Gasteiger partial charge in [-0.2, -0.15) is 92.2 Å². The summed E-state index contributed by atoms with van der Waals surface area (Å²) in [6.07, 6.45) is -15.5. The molecular formula is C15H7F21O2. The van der Waals surface area contributed by atoms with Crippen LogP contribution in [-0.2, 0) is 9.53 Å². The van der Waals surface area contributed by atoms with Crippen LogP contribution < -0.4 is 0 Å². The maximum absolute atomic E-state index is 13.7. The lowest BCUT2D eigenvalue weighted by Crippen LogP contribution is -2.75. The SMILES string of the molecule is CCOC(=O)C(CC(F)(F)C(F)(F)C(F)(F)C(F)(F)C(F)(F)C(F)(F)C(F)(F)C(F)(F)C(F)(F)F)=C(F)F. The predicted molar refractivity (Wildman–Crippen MR) is 76.1 cm³/mol. The molecule has 0 fully saturated rings. The molecule has 0 spiro atoms.